The van der Waals surface area contributed by atoms with Gasteiger partial charge in [-0.1, -0.05) is 12.1 Å². The monoisotopic (exact) mass is 339 g/mol. The lowest BCUT2D eigenvalue weighted by atomic mass is 9.99. The third-order valence-corrected chi connectivity index (χ3v) is 4.35. The van der Waals surface area contributed by atoms with Crippen LogP contribution < -0.4 is 10.1 Å². The van der Waals surface area contributed by atoms with E-state index in [1.165, 1.54) is 18.3 Å². The summed E-state index contributed by atoms with van der Waals surface area (Å²) >= 11 is 0. The number of hydrogen-bond acceptors (Lipinski definition) is 5. The van der Waals surface area contributed by atoms with E-state index in [9.17, 15) is 14.5 Å². The Morgan fingerprint density at radius 2 is 2.12 bits per heavy atom. The molecule has 1 aliphatic heterocycles. The second-order valence-corrected chi connectivity index (χ2v) is 5.80. The van der Waals surface area contributed by atoms with Gasteiger partial charge in [0.2, 0.25) is 0 Å². The number of halogens is 1. The van der Waals surface area contributed by atoms with Crippen molar-refractivity contribution in [2.24, 2.45) is 0 Å². The molecule has 3 aromatic rings. The molecule has 0 saturated heterocycles. The second kappa shape index (κ2) is 6.01. The number of anilines is 1. The number of hydrogen-bond donors (Lipinski definition) is 1. The summed E-state index contributed by atoms with van der Waals surface area (Å²) in [6, 6.07) is 9.56. The maximum Gasteiger partial charge on any atom is 0.278 e. The normalized spacial score (nSPS) is 16.1. The number of nitrogens with zero attached hydrogens (tertiary/aromatic N) is 2. The number of pyridine rings is 1. The quantitative estimate of drug-likeness (QED) is 0.571. The van der Waals surface area contributed by atoms with Crippen molar-refractivity contribution in [1.29, 1.82) is 0 Å². The fraction of sp³-hybridized carbons (Fsp3) is 0.167. The van der Waals surface area contributed by atoms with E-state index >= 15 is 0 Å². The molecule has 0 fully saturated rings. The molecule has 6 nitrogen and oxygen atoms in total. The Morgan fingerprint density at radius 3 is 2.96 bits per heavy atom. The molecule has 4 rings (SSSR count). The fourth-order valence-electron chi connectivity index (χ4n) is 3.18. The standard InChI is InChI=1S/C18H14FN3O3/c19-14-3-1-2-12-16(7-9-25-18(12)14)21-15-4-5-17(22(23)24)13-10-20-8-6-11(13)15/h1-6,8,10,16,21H,7,9H2/t16-/m0/s1. The number of para-hydroxylation sites is 1. The topological polar surface area (TPSA) is 77.3 Å². The van der Waals surface area contributed by atoms with Crippen LogP contribution in [0.1, 0.15) is 18.0 Å². The lowest BCUT2D eigenvalue weighted by Gasteiger charge is -2.28. The Morgan fingerprint density at radius 1 is 1.24 bits per heavy atom. The van der Waals surface area contributed by atoms with Crippen LogP contribution in [-0.4, -0.2) is 16.5 Å². The van der Waals surface area contributed by atoms with Gasteiger partial charge < -0.3 is 10.1 Å². The van der Waals surface area contributed by atoms with Gasteiger partial charge in [0, 0.05) is 41.5 Å². The molecule has 0 unspecified atom stereocenters. The number of rotatable bonds is 3. The van der Waals surface area contributed by atoms with Crippen molar-refractivity contribution in [3.8, 4) is 5.75 Å². The number of nitro benzene ring substituents is 1. The summed E-state index contributed by atoms with van der Waals surface area (Å²) in [5.41, 5.74) is 1.49. The third-order valence-electron chi connectivity index (χ3n) is 4.35. The first-order valence-corrected chi connectivity index (χ1v) is 7.84. The Hall–Kier alpha value is -3.22. The van der Waals surface area contributed by atoms with Crippen molar-refractivity contribution in [3.63, 3.8) is 0 Å². The molecule has 1 aromatic heterocycles. The summed E-state index contributed by atoms with van der Waals surface area (Å²) < 4.78 is 19.4. The van der Waals surface area contributed by atoms with Crippen molar-refractivity contribution in [1.82, 2.24) is 4.98 Å². The first-order valence-electron chi connectivity index (χ1n) is 7.84. The summed E-state index contributed by atoms with van der Waals surface area (Å²) in [7, 11) is 0. The highest BCUT2D eigenvalue weighted by atomic mass is 19.1. The first-order chi connectivity index (χ1) is 12.1. The SMILES string of the molecule is O=[N+]([O-])c1ccc(N[C@H]2CCOc3c(F)cccc32)c2ccncc12. The fourth-order valence-corrected chi connectivity index (χ4v) is 3.18. The summed E-state index contributed by atoms with van der Waals surface area (Å²) in [6.07, 6.45) is 3.74. The minimum atomic E-state index is -0.424. The highest BCUT2D eigenvalue weighted by Gasteiger charge is 2.25. The summed E-state index contributed by atoms with van der Waals surface area (Å²) in [5.74, 6) is -0.124. The van der Waals surface area contributed by atoms with Crippen LogP contribution in [0.4, 0.5) is 15.8 Å². The molecule has 1 atom stereocenters. The molecule has 7 heteroatoms. The molecule has 2 heterocycles. The van der Waals surface area contributed by atoms with E-state index in [2.05, 4.69) is 10.3 Å². The Balaban J connectivity index is 1.77. The van der Waals surface area contributed by atoms with Gasteiger partial charge >= 0.3 is 0 Å². The molecular formula is C18H14FN3O3. The Labute approximate surface area is 142 Å². The van der Waals surface area contributed by atoms with Gasteiger partial charge in [-0.3, -0.25) is 15.1 Å². The zero-order valence-corrected chi connectivity index (χ0v) is 13.1. The predicted octanol–water partition coefficient (Wildman–Crippen LogP) is 4.22. The van der Waals surface area contributed by atoms with Crippen LogP contribution in [0.25, 0.3) is 10.8 Å². The molecule has 0 aliphatic carbocycles. The number of non-ortho nitro benzene ring substituents is 1. The zero-order valence-electron chi connectivity index (χ0n) is 13.1. The second-order valence-electron chi connectivity index (χ2n) is 5.80. The van der Waals surface area contributed by atoms with Crippen LogP contribution in [0, 0.1) is 15.9 Å². The van der Waals surface area contributed by atoms with Crippen molar-refractivity contribution >= 4 is 22.1 Å². The van der Waals surface area contributed by atoms with Gasteiger partial charge in [0.25, 0.3) is 5.69 Å². The Bertz CT molecular complexity index is 977. The minimum Gasteiger partial charge on any atom is -0.490 e. The van der Waals surface area contributed by atoms with E-state index in [-0.39, 0.29) is 23.3 Å². The van der Waals surface area contributed by atoms with Gasteiger partial charge in [0.05, 0.1) is 23.0 Å². The van der Waals surface area contributed by atoms with Crippen LogP contribution in [0.5, 0.6) is 5.75 Å². The molecule has 2 aromatic carbocycles. The maximum atomic E-state index is 13.9. The average Bonchev–Trinajstić information content (AvgIpc) is 2.62. The van der Waals surface area contributed by atoms with Crippen LogP contribution in [0.2, 0.25) is 0 Å². The number of benzene rings is 2. The summed E-state index contributed by atoms with van der Waals surface area (Å²) in [5, 5.41) is 15.8. The predicted molar refractivity (Wildman–Crippen MR) is 91.3 cm³/mol. The number of ether oxygens (including phenoxy) is 1. The van der Waals surface area contributed by atoms with Crippen molar-refractivity contribution < 1.29 is 14.1 Å². The van der Waals surface area contributed by atoms with Gasteiger partial charge in [0.15, 0.2) is 11.6 Å². The highest BCUT2D eigenvalue weighted by molar-refractivity contribution is 5.99. The first kappa shape index (κ1) is 15.3. The number of nitro groups is 1. The van der Waals surface area contributed by atoms with E-state index < -0.39 is 4.92 Å². The van der Waals surface area contributed by atoms with Gasteiger partial charge in [-0.15, -0.1) is 0 Å². The van der Waals surface area contributed by atoms with E-state index in [0.29, 0.717) is 23.8 Å². The summed E-state index contributed by atoms with van der Waals surface area (Å²) in [4.78, 5) is 14.8. The van der Waals surface area contributed by atoms with Gasteiger partial charge in [-0.05, 0) is 18.2 Å². The third kappa shape index (κ3) is 2.63. The number of aromatic nitrogens is 1. The minimum absolute atomic E-state index is 0.00655. The van der Waals surface area contributed by atoms with Gasteiger partial charge in [-0.25, -0.2) is 4.39 Å². The molecule has 1 aliphatic rings. The molecule has 0 saturated carbocycles. The largest absolute Gasteiger partial charge is 0.490 e. The average molecular weight is 339 g/mol. The molecule has 0 amide bonds. The van der Waals surface area contributed by atoms with Gasteiger partial charge in [0.1, 0.15) is 0 Å². The van der Waals surface area contributed by atoms with Gasteiger partial charge in [-0.2, -0.15) is 0 Å². The molecule has 0 spiro atoms. The Kier molecular flexibility index (Phi) is 3.68. The molecule has 25 heavy (non-hydrogen) atoms. The van der Waals surface area contributed by atoms with Crippen molar-refractivity contribution in [2.75, 3.05) is 11.9 Å². The smallest absolute Gasteiger partial charge is 0.278 e. The van der Waals surface area contributed by atoms with E-state index in [0.717, 1.165) is 11.3 Å². The van der Waals surface area contributed by atoms with Crippen molar-refractivity contribution in [3.05, 3.63) is 70.3 Å². The number of nitrogens with one attached hydrogen (secondary N) is 1. The zero-order chi connectivity index (χ0) is 17.4. The van der Waals surface area contributed by atoms with E-state index in [1.54, 1.807) is 24.4 Å². The molecule has 126 valence electrons. The molecule has 1 N–H and O–H groups in total. The van der Waals surface area contributed by atoms with Crippen LogP contribution in [0.15, 0.2) is 48.8 Å². The lowest BCUT2D eigenvalue weighted by molar-refractivity contribution is -0.383. The van der Waals surface area contributed by atoms with E-state index in [1.807, 2.05) is 6.07 Å². The van der Waals surface area contributed by atoms with Crippen LogP contribution in [0.3, 0.4) is 0 Å². The molecular weight excluding hydrogens is 325 g/mol. The van der Waals surface area contributed by atoms with Crippen molar-refractivity contribution in [2.45, 2.75) is 12.5 Å². The molecule has 0 radical (unpaired) electrons. The lowest BCUT2D eigenvalue weighted by Crippen LogP contribution is -2.21. The van der Waals surface area contributed by atoms with E-state index in [4.69, 9.17) is 4.74 Å². The highest BCUT2D eigenvalue weighted by Crippen LogP contribution is 2.38. The van der Waals surface area contributed by atoms with Crippen LogP contribution in [-0.2, 0) is 0 Å². The number of fused-ring (bicyclic) bond motifs is 2. The van der Waals surface area contributed by atoms with Crippen LogP contribution >= 0.6 is 0 Å². The maximum absolute atomic E-state index is 13.9. The molecule has 0 bridgehead atoms. The summed E-state index contributed by atoms with van der Waals surface area (Å²) in [6.45, 7) is 0.401.